The number of hydrogen-bond acceptors (Lipinski definition) is 3. The summed E-state index contributed by atoms with van der Waals surface area (Å²) in [4.78, 5) is 0. The predicted molar refractivity (Wildman–Crippen MR) is 85.6 cm³/mol. The number of methoxy groups -OCH3 is 1. The highest BCUT2D eigenvalue weighted by atomic mass is 16.5. The number of hydrogen-bond donors (Lipinski definition) is 1. The van der Waals surface area contributed by atoms with Crippen molar-refractivity contribution in [3.63, 3.8) is 0 Å². The molecule has 0 aliphatic heterocycles. The third-order valence-corrected chi connectivity index (χ3v) is 3.71. The number of rotatable bonds is 5. The summed E-state index contributed by atoms with van der Waals surface area (Å²) in [5, 5.41) is 7.86. The molecular formula is C17H25N3O. The zero-order valence-electron chi connectivity index (χ0n) is 13.5. The first kappa shape index (κ1) is 15.7. The molecule has 2 atom stereocenters. The Kier molecular flexibility index (Phi) is 4.80. The maximum Gasteiger partial charge on any atom is 0.0829 e. The molecular weight excluding hydrogens is 262 g/mol. The number of para-hydroxylation sites is 1. The number of nitrogens with one attached hydrogen (secondary N) is 1. The van der Waals surface area contributed by atoms with Crippen molar-refractivity contribution >= 4 is 0 Å². The fraction of sp³-hybridized carbons (Fsp3) is 0.471. The van der Waals surface area contributed by atoms with Gasteiger partial charge >= 0.3 is 0 Å². The molecule has 0 saturated carbocycles. The van der Waals surface area contributed by atoms with Gasteiger partial charge in [0.1, 0.15) is 0 Å². The Bertz CT molecular complexity index is 557. The molecule has 1 aromatic heterocycles. The van der Waals surface area contributed by atoms with Crippen LogP contribution in [0.1, 0.15) is 32.5 Å². The average Bonchev–Trinajstić information content (AvgIpc) is 2.93. The Labute approximate surface area is 127 Å². The molecule has 1 N–H and O–H groups in total. The molecule has 0 bridgehead atoms. The van der Waals surface area contributed by atoms with Crippen LogP contribution in [-0.4, -0.2) is 30.0 Å². The summed E-state index contributed by atoms with van der Waals surface area (Å²) in [7, 11) is 3.73. The van der Waals surface area contributed by atoms with Crippen LogP contribution in [0.5, 0.6) is 0 Å². The van der Waals surface area contributed by atoms with Crippen molar-refractivity contribution in [1.82, 2.24) is 15.1 Å². The maximum absolute atomic E-state index is 5.78. The third kappa shape index (κ3) is 3.34. The van der Waals surface area contributed by atoms with Gasteiger partial charge in [-0.25, -0.2) is 4.68 Å². The molecule has 2 aromatic rings. The maximum atomic E-state index is 5.78. The molecule has 0 aliphatic rings. The Balaban J connectivity index is 2.43. The topological polar surface area (TPSA) is 39.1 Å². The highest BCUT2D eigenvalue weighted by Crippen LogP contribution is 2.32. The second-order valence-electron chi connectivity index (χ2n) is 6.29. The molecule has 0 amide bonds. The van der Waals surface area contributed by atoms with Crippen molar-refractivity contribution < 1.29 is 4.74 Å². The monoisotopic (exact) mass is 287 g/mol. The minimum absolute atomic E-state index is 0.0220. The largest absolute Gasteiger partial charge is 0.379 e. The summed E-state index contributed by atoms with van der Waals surface area (Å²) in [6.07, 6.45) is 1.88. The standard InChI is InChI=1S/C17H25N3O/c1-17(2,3)16(21-5)15(18-4)14-11-12-19-20(14)13-9-7-6-8-10-13/h6-12,15-16,18H,1-5H3. The van der Waals surface area contributed by atoms with E-state index in [4.69, 9.17) is 4.74 Å². The lowest BCUT2D eigenvalue weighted by molar-refractivity contribution is -0.0117. The normalized spacial score (nSPS) is 14.9. The molecule has 0 aliphatic carbocycles. The summed E-state index contributed by atoms with van der Waals surface area (Å²) in [5.74, 6) is 0. The molecule has 4 heteroatoms. The first-order chi connectivity index (χ1) is 9.99. The third-order valence-electron chi connectivity index (χ3n) is 3.71. The fourth-order valence-corrected chi connectivity index (χ4v) is 2.78. The average molecular weight is 287 g/mol. The van der Waals surface area contributed by atoms with Crippen molar-refractivity contribution in [2.75, 3.05) is 14.2 Å². The molecule has 1 heterocycles. The lowest BCUT2D eigenvalue weighted by Crippen LogP contribution is -2.41. The summed E-state index contributed by atoms with van der Waals surface area (Å²) in [6, 6.07) is 12.3. The molecule has 21 heavy (non-hydrogen) atoms. The van der Waals surface area contributed by atoms with Gasteiger partial charge in [0.05, 0.1) is 23.5 Å². The predicted octanol–water partition coefficient (Wildman–Crippen LogP) is 3.19. The van der Waals surface area contributed by atoms with Gasteiger partial charge in [-0.3, -0.25) is 0 Å². The van der Waals surface area contributed by atoms with Crippen molar-refractivity contribution in [2.45, 2.75) is 32.9 Å². The van der Waals surface area contributed by atoms with Crippen LogP contribution < -0.4 is 5.32 Å². The quantitative estimate of drug-likeness (QED) is 0.918. The molecule has 1 aromatic carbocycles. The number of ether oxygens (including phenoxy) is 1. The van der Waals surface area contributed by atoms with Crippen molar-refractivity contribution in [3.8, 4) is 5.69 Å². The van der Waals surface area contributed by atoms with Crippen molar-refractivity contribution in [3.05, 3.63) is 48.3 Å². The van der Waals surface area contributed by atoms with E-state index < -0.39 is 0 Å². The smallest absolute Gasteiger partial charge is 0.0829 e. The van der Waals surface area contributed by atoms with Crippen LogP contribution in [0.2, 0.25) is 0 Å². The number of benzene rings is 1. The second kappa shape index (κ2) is 6.41. The Morgan fingerprint density at radius 2 is 1.81 bits per heavy atom. The van der Waals surface area contributed by atoms with Gasteiger partial charge in [0.2, 0.25) is 0 Å². The van der Waals surface area contributed by atoms with Crippen molar-refractivity contribution in [1.29, 1.82) is 0 Å². The van der Waals surface area contributed by atoms with Crippen LogP contribution in [0.15, 0.2) is 42.6 Å². The number of nitrogens with zero attached hydrogens (tertiary/aromatic N) is 2. The number of likely N-dealkylation sites (N-methyl/N-ethyl adjacent to an activating group) is 1. The van der Waals surface area contributed by atoms with Gasteiger partial charge in [0.25, 0.3) is 0 Å². The Morgan fingerprint density at radius 1 is 1.14 bits per heavy atom. The summed E-state index contributed by atoms with van der Waals surface area (Å²) in [6.45, 7) is 6.57. The minimum Gasteiger partial charge on any atom is -0.379 e. The molecule has 0 spiro atoms. The zero-order chi connectivity index (χ0) is 15.5. The lowest BCUT2D eigenvalue weighted by atomic mass is 9.83. The summed E-state index contributed by atoms with van der Waals surface area (Å²) >= 11 is 0. The molecule has 114 valence electrons. The van der Waals surface area contributed by atoms with E-state index in [-0.39, 0.29) is 17.6 Å². The minimum atomic E-state index is 0.0220. The van der Waals surface area contributed by atoms with Crippen LogP contribution in [0.4, 0.5) is 0 Å². The van der Waals surface area contributed by atoms with E-state index in [0.717, 1.165) is 11.4 Å². The summed E-state index contributed by atoms with van der Waals surface area (Å²) < 4.78 is 7.75. The van der Waals surface area contributed by atoms with Crippen LogP contribution >= 0.6 is 0 Å². The number of aromatic nitrogens is 2. The van der Waals surface area contributed by atoms with E-state index in [1.807, 2.05) is 42.2 Å². The van der Waals surface area contributed by atoms with E-state index in [2.05, 4.69) is 43.3 Å². The molecule has 2 unspecified atom stereocenters. The van der Waals surface area contributed by atoms with Crippen LogP contribution in [0, 0.1) is 5.41 Å². The zero-order valence-corrected chi connectivity index (χ0v) is 13.5. The van der Waals surface area contributed by atoms with Gasteiger partial charge in [-0.05, 0) is 30.7 Å². The van der Waals surface area contributed by atoms with Crippen molar-refractivity contribution in [2.24, 2.45) is 5.41 Å². The fourth-order valence-electron chi connectivity index (χ4n) is 2.78. The second-order valence-corrected chi connectivity index (χ2v) is 6.29. The van der Waals surface area contributed by atoms with Crippen LogP contribution in [0.25, 0.3) is 5.69 Å². The van der Waals surface area contributed by atoms with Crippen LogP contribution in [0.3, 0.4) is 0 Å². The van der Waals surface area contributed by atoms with E-state index in [0.29, 0.717) is 0 Å². The van der Waals surface area contributed by atoms with Crippen LogP contribution in [-0.2, 0) is 4.74 Å². The SMILES string of the molecule is CNC(c1ccnn1-c1ccccc1)C(OC)C(C)(C)C. The Hall–Kier alpha value is -1.65. The molecule has 4 nitrogen and oxygen atoms in total. The van der Waals surface area contributed by atoms with E-state index in [1.165, 1.54) is 0 Å². The molecule has 0 saturated heterocycles. The Morgan fingerprint density at radius 3 is 2.33 bits per heavy atom. The molecule has 0 radical (unpaired) electrons. The molecule has 0 fully saturated rings. The first-order valence-electron chi connectivity index (χ1n) is 7.28. The highest BCUT2D eigenvalue weighted by molar-refractivity contribution is 5.33. The van der Waals surface area contributed by atoms with Gasteiger partial charge in [-0.15, -0.1) is 0 Å². The van der Waals surface area contributed by atoms with Gasteiger partial charge in [-0.1, -0.05) is 39.0 Å². The highest BCUT2D eigenvalue weighted by Gasteiger charge is 2.34. The van der Waals surface area contributed by atoms with Gasteiger partial charge < -0.3 is 10.1 Å². The van der Waals surface area contributed by atoms with E-state index >= 15 is 0 Å². The molecule has 2 rings (SSSR count). The first-order valence-corrected chi connectivity index (χ1v) is 7.28. The van der Waals surface area contributed by atoms with Gasteiger partial charge in [0.15, 0.2) is 0 Å². The van der Waals surface area contributed by atoms with Gasteiger partial charge in [-0.2, -0.15) is 5.10 Å². The van der Waals surface area contributed by atoms with E-state index in [9.17, 15) is 0 Å². The van der Waals surface area contributed by atoms with E-state index in [1.54, 1.807) is 7.11 Å². The lowest BCUT2D eigenvalue weighted by Gasteiger charge is -2.36. The summed E-state index contributed by atoms with van der Waals surface area (Å²) in [5.41, 5.74) is 2.18. The van der Waals surface area contributed by atoms with Gasteiger partial charge in [0, 0.05) is 13.3 Å².